The lowest BCUT2D eigenvalue weighted by Gasteiger charge is -2.26. The fraction of sp³-hybridized carbons (Fsp3) is 0.444. The summed E-state index contributed by atoms with van der Waals surface area (Å²) < 4.78 is 15.5. The minimum absolute atomic E-state index is 0.0562. The van der Waals surface area contributed by atoms with Gasteiger partial charge in [0.15, 0.2) is 0 Å². The predicted octanol–water partition coefficient (Wildman–Crippen LogP) is 3.48. The molecule has 0 spiro atoms. The van der Waals surface area contributed by atoms with Gasteiger partial charge in [0, 0.05) is 25.4 Å². The highest BCUT2D eigenvalue weighted by Crippen LogP contribution is 2.31. The van der Waals surface area contributed by atoms with Crippen LogP contribution in [0.5, 0.6) is 0 Å². The van der Waals surface area contributed by atoms with E-state index in [4.69, 9.17) is 0 Å². The third-order valence-electron chi connectivity index (χ3n) is 4.66. The molecule has 1 saturated heterocycles. The molecule has 2 amide bonds. The maximum absolute atomic E-state index is 13.7. The van der Waals surface area contributed by atoms with Crippen LogP contribution in [0.1, 0.15) is 48.5 Å². The van der Waals surface area contributed by atoms with Crippen molar-refractivity contribution in [3.8, 4) is 0 Å². The number of halogens is 1. The average Bonchev–Trinajstić information content (AvgIpc) is 3.18. The van der Waals surface area contributed by atoms with Crippen LogP contribution in [0.15, 0.2) is 30.6 Å². The molecule has 2 heterocycles. The first-order valence-corrected chi connectivity index (χ1v) is 8.27. The standard InChI is InChI=1S/C18H23FN4O/c1-12-6-7-14(9-16(12)19)13(2)21-18(24)23-8-4-5-17(23)15-10-20-22(3)11-15/h6-7,9-11,13,17H,4-5,8H2,1-3H3,(H,21,24)/t13-,17+/m1/s1. The largest absolute Gasteiger partial charge is 0.331 e. The number of aryl methyl sites for hydroxylation is 2. The molecule has 0 radical (unpaired) electrons. The third kappa shape index (κ3) is 3.27. The zero-order valence-corrected chi connectivity index (χ0v) is 14.3. The van der Waals surface area contributed by atoms with Crippen molar-refractivity contribution in [3.05, 3.63) is 53.1 Å². The number of urea groups is 1. The maximum Gasteiger partial charge on any atom is 0.318 e. The molecule has 24 heavy (non-hydrogen) atoms. The topological polar surface area (TPSA) is 50.2 Å². The molecular weight excluding hydrogens is 307 g/mol. The summed E-state index contributed by atoms with van der Waals surface area (Å²) in [6, 6.07) is 4.77. The van der Waals surface area contributed by atoms with Crippen molar-refractivity contribution in [2.75, 3.05) is 6.54 Å². The smallest absolute Gasteiger partial charge is 0.318 e. The van der Waals surface area contributed by atoms with Crippen LogP contribution in [0.3, 0.4) is 0 Å². The van der Waals surface area contributed by atoms with E-state index in [9.17, 15) is 9.18 Å². The van der Waals surface area contributed by atoms with E-state index in [1.54, 1.807) is 17.7 Å². The van der Waals surface area contributed by atoms with Gasteiger partial charge in [0.05, 0.1) is 18.3 Å². The van der Waals surface area contributed by atoms with E-state index < -0.39 is 0 Å². The molecular formula is C18H23FN4O. The van der Waals surface area contributed by atoms with Crippen molar-refractivity contribution in [1.29, 1.82) is 0 Å². The molecule has 0 aliphatic carbocycles. The van der Waals surface area contributed by atoms with Crippen molar-refractivity contribution < 1.29 is 9.18 Å². The van der Waals surface area contributed by atoms with E-state index in [2.05, 4.69) is 10.4 Å². The number of benzene rings is 1. The maximum atomic E-state index is 13.7. The van der Waals surface area contributed by atoms with E-state index >= 15 is 0 Å². The Kier molecular flexibility index (Phi) is 4.55. The zero-order valence-electron chi connectivity index (χ0n) is 14.3. The molecule has 1 aliphatic heterocycles. The van der Waals surface area contributed by atoms with Crippen molar-refractivity contribution >= 4 is 6.03 Å². The first kappa shape index (κ1) is 16.5. The van der Waals surface area contributed by atoms with Crippen molar-refractivity contribution in [1.82, 2.24) is 20.0 Å². The molecule has 2 atom stereocenters. The number of aromatic nitrogens is 2. The van der Waals surface area contributed by atoms with Crippen LogP contribution in [-0.4, -0.2) is 27.3 Å². The summed E-state index contributed by atoms with van der Waals surface area (Å²) >= 11 is 0. The SMILES string of the molecule is Cc1ccc([C@@H](C)NC(=O)N2CCC[C@H]2c2cnn(C)c2)cc1F. The van der Waals surface area contributed by atoms with Gasteiger partial charge in [0.1, 0.15) is 5.82 Å². The lowest BCUT2D eigenvalue weighted by molar-refractivity contribution is 0.189. The van der Waals surface area contributed by atoms with E-state index in [0.29, 0.717) is 5.56 Å². The monoisotopic (exact) mass is 330 g/mol. The molecule has 128 valence electrons. The van der Waals surface area contributed by atoms with Gasteiger partial charge < -0.3 is 10.2 Å². The molecule has 0 saturated carbocycles. The summed E-state index contributed by atoms with van der Waals surface area (Å²) in [5.41, 5.74) is 2.43. The predicted molar refractivity (Wildman–Crippen MR) is 90.0 cm³/mol. The summed E-state index contributed by atoms with van der Waals surface area (Å²) in [5.74, 6) is -0.247. The normalized spacial score (nSPS) is 18.7. The minimum atomic E-state index is -0.247. The second-order valence-corrected chi connectivity index (χ2v) is 6.48. The van der Waals surface area contributed by atoms with Crippen LogP contribution in [0.4, 0.5) is 9.18 Å². The van der Waals surface area contributed by atoms with Gasteiger partial charge in [0.2, 0.25) is 0 Å². The van der Waals surface area contributed by atoms with Crippen LogP contribution in [0.25, 0.3) is 0 Å². The fourth-order valence-electron chi connectivity index (χ4n) is 3.20. The van der Waals surface area contributed by atoms with E-state index in [0.717, 1.165) is 30.5 Å². The number of nitrogens with one attached hydrogen (secondary N) is 1. The number of carbonyl (C=O) groups excluding carboxylic acids is 1. The number of amides is 2. The first-order chi connectivity index (χ1) is 11.5. The third-order valence-corrected chi connectivity index (χ3v) is 4.66. The number of hydrogen-bond acceptors (Lipinski definition) is 2. The Bertz CT molecular complexity index is 742. The molecule has 0 unspecified atom stereocenters. The summed E-state index contributed by atoms with van der Waals surface area (Å²) in [6.07, 6.45) is 5.68. The Balaban J connectivity index is 1.70. The second kappa shape index (κ2) is 6.63. The summed E-state index contributed by atoms with van der Waals surface area (Å²) in [7, 11) is 1.87. The van der Waals surface area contributed by atoms with Crippen molar-refractivity contribution in [2.24, 2.45) is 7.05 Å². The van der Waals surface area contributed by atoms with Crippen LogP contribution < -0.4 is 5.32 Å². The molecule has 1 aromatic carbocycles. The number of hydrogen-bond donors (Lipinski definition) is 1. The number of rotatable bonds is 3. The average molecular weight is 330 g/mol. The van der Waals surface area contributed by atoms with Crippen molar-refractivity contribution in [2.45, 2.75) is 38.8 Å². The number of likely N-dealkylation sites (tertiary alicyclic amines) is 1. The van der Waals surface area contributed by atoms with Gasteiger partial charge in [-0.3, -0.25) is 4.68 Å². The summed E-state index contributed by atoms with van der Waals surface area (Å²) in [5, 5.41) is 7.18. The van der Waals surface area contributed by atoms with E-state index in [-0.39, 0.29) is 23.9 Å². The van der Waals surface area contributed by atoms with Gasteiger partial charge in [-0.2, -0.15) is 5.10 Å². The zero-order chi connectivity index (χ0) is 17.3. The van der Waals surface area contributed by atoms with E-state index in [1.165, 1.54) is 6.07 Å². The molecule has 3 rings (SSSR count). The molecule has 1 N–H and O–H groups in total. The van der Waals surface area contributed by atoms with Gasteiger partial charge in [-0.15, -0.1) is 0 Å². The Hall–Kier alpha value is -2.37. The minimum Gasteiger partial charge on any atom is -0.331 e. The number of carbonyl (C=O) groups is 1. The van der Waals surface area contributed by atoms with Crippen molar-refractivity contribution in [3.63, 3.8) is 0 Å². The summed E-state index contributed by atoms with van der Waals surface area (Å²) in [6.45, 7) is 4.32. The molecule has 1 fully saturated rings. The Morgan fingerprint density at radius 1 is 1.46 bits per heavy atom. The molecule has 5 nitrogen and oxygen atoms in total. The quantitative estimate of drug-likeness (QED) is 0.937. The highest BCUT2D eigenvalue weighted by atomic mass is 19.1. The van der Waals surface area contributed by atoms with Crippen LogP contribution in [-0.2, 0) is 7.05 Å². The fourth-order valence-corrected chi connectivity index (χ4v) is 3.20. The van der Waals surface area contributed by atoms with Gasteiger partial charge in [0.25, 0.3) is 0 Å². The second-order valence-electron chi connectivity index (χ2n) is 6.48. The van der Waals surface area contributed by atoms with Crippen LogP contribution in [0.2, 0.25) is 0 Å². The molecule has 2 aromatic rings. The van der Waals surface area contributed by atoms with Gasteiger partial charge in [-0.25, -0.2) is 9.18 Å². The Morgan fingerprint density at radius 3 is 2.92 bits per heavy atom. The van der Waals surface area contributed by atoms with E-state index in [1.807, 2.05) is 37.3 Å². The highest BCUT2D eigenvalue weighted by Gasteiger charge is 2.31. The highest BCUT2D eigenvalue weighted by molar-refractivity contribution is 5.75. The molecule has 1 aliphatic rings. The lowest BCUT2D eigenvalue weighted by Crippen LogP contribution is -2.40. The molecule has 6 heteroatoms. The first-order valence-electron chi connectivity index (χ1n) is 8.27. The molecule has 1 aromatic heterocycles. The van der Waals surface area contributed by atoms with Gasteiger partial charge in [-0.1, -0.05) is 12.1 Å². The van der Waals surface area contributed by atoms with Crippen LogP contribution in [0, 0.1) is 12.7 Å². The number of nitrogens with zero attached hydrogens (tertiary/aromatic N) is 3. The van der Waals surface area contributed by atoms with Crippen LogP contribution >= 0.6 is 0 Å². The Morgan fingerprint density at radius 2 is 2.25 bits per heavy atom. The molecule has 0 bridgehead atoms. The lowest BCUT2D eigenvalue weighted by atomic mass is 10.1. The Labute approximate surface area is 141 Å². The van der Waals surface area contributed by atoms with Gasteiger partial charge in [-0.05, 0) is 43.9 Å². The summed E-state index contributed by atoms with van der Waals surface area (Å²) in [4.78, 5) is 14.5. The van der Waals surface area contributed by atoms with Gasteiger partial charge >= 0.3 is 6.03 Å².